The van der Waals surface area contributed by atoms with E-state index in [0.29, 0.717) is 17.4 Å². The number of amides is 1. The van der Waals surface area contributed by atoms with Gasteiger partial charge in [-0.1, -0.05) is 69.3 Å². The number of pyridine rings is 1. The number of hydrogen-bond acceptors (Lipinski definition) is 8. The summed E-state index contributed by atoms with van der Waals surface area (Å²) < 4.78 is 21.8. The molecule has 354 valence electrons. The number of benzene rings is 3. The Morgan fingerprint density at radius 3 is 1.97 bits per heavy atom. The Morgan fingerprint density at radius 2 is 1.41 bits per heavy atom. The second-order valence-electron chi connectivity index (χ2n) is 21.0. The van der Waals surface area contributed by atoms with Gasteiger partial charge in [-0.25, -0.2) is 4.79 Å². The molecule has 0 unspecified atom stereocenters. The summed E-state index contributed by atoms with van der Waals surface area (Å²) in [6.45, 7) is 28.2. The molecular weight excluding hydrogens is 926 g/mol. The predicted octanol–water partition coefficient (Wildman–Crippen LogP) is 10.6. The second-order valence-corrected chi connectivity index (χ2v) is 32.8. The van der Waals surface area contributed by atoms with Gasteiger partial charge in [0.15, 0.2) is 8.32 Å². The first-order valence-electron chi connectivity index (χ1n) is 23.3. The van der Waals surface area contributed by atoms with Gasteiger partial charge in [0, 0.05) is 5.92 Å². The van der Waals surface area contributed by atoms with E-state index >= 15 is 0 Å². The van der Waals surface area contributed by atoms with Crippen molar-refractivity contribution >= 4 is 60.0 Å². The summed E-state index contributed by atoms with van der Waals surface area (Å²) in [6, 6.07) is 25.8. The van der Waals surface area contributed by atoms with E-state index in [2.05, 4.69) is 103 Å². The van der Waals surface area contributed by atoms with Crippen LogP contribution in [0.5, 0.6) is 0 Å². The van der Waals surface area contributed by atoms with Gasteiger partial charge >= 0.3 is 252 Å². The topological polar surface area (TPSA) is 136 Å². The first-order valence-corrected chi connectivity index (χ1v) is 31.2. The van der Waals surface area contributed by atoms with E-state index in [1.54, 1.807) is 0 Å². The van der Waals surface area contributed by atoms with Crippen molar-refractivity contribution in [2.75, 3.05) is 6.61 Å². The zero-order valence-electron chi connectivity index (χ0n) is 41.2. The van der Waals surface area contributed by atoms with Crippen LogP contribution < -0.4 is 15.1 Å². The maximum atomic E-state index is 14.6. The number of nitrogens with zero attached hydrogens (tertiary/aromatic N) is 1. The fourth-order valence-corrected chi connectivity index (χ4v) is 12.7. The number of fused-ring (bicyclic) bond motifs is 4. The van der Waals surface area contributed by atoms with E-state index in [1.807, 2.05) is 93.6 Å². The number of ether oxygens (including phenoxy) is 1. The fourth-order valence-electron chi connectivity index (χ4n) is 8.10. The summed E-state index contributed by atoms with van der Waals surface area (Å²) >= 11 is -0.158. The second kappa shape index (κ2) is 20.6. The van der Waals surface area contributed by atoms with Gasteiger partial charge in [-0.2, -0.15) is 0 Å². The Labute approximate surface area is 401 Å². The minimum absolute atomic E-state index is 0.0729. The number of hydrogen-bond donors (Lipinski definition) is 3. The van der Waals surface area contributed by atoms with Crippen LogP contribution in [0.2, 0.25) is 41.6 Å². The molecule has 0 bridgehead atoms. The molecule has 1 heterocycles. The molecule has 6 rings (SSSR count). The van der Waals surface area contributed by atoms with Crippen molar-refractivity contribution in [3.63, 3.8) is 0 Å². The third-order valence-corrected chi connectivity index (χ3v) is 25.7. The SMILES string of the molecule is CC[C@H](C)[C@H](N[C@@H]1C=Cc2c([C@H](C)O[Si](C)(C)C(C)(C)C)cc(C(=O)OCC3c4ccccc4-c4ccccc43)nc2[C@H]1O[Si](C)(C)C(C)(C)C)C(=O)N[C@@H](C[Se]c1ccccc1)C(=O)O. The molecule has 0 saturated carbocycles. The van der Waals surface area contributed by atoms with Crippen LogP contribution in [0.3, 0.4) is 0 Å². The van der Waals surface area contributed by atoms with Gasteiger partial charge in [0.2, 0.25) is 0 Å². The number of rotatable bonds is 18. The van der Waals surface area contributed by atoms with E-state index in [4.69, 9.17) is 18.6 Å². The number of aliphatic carboxylic acids is 1. The Balaban J connectivity index is 1.40. The normalized spacial score (nSPS) is 18.1. The standard InChI is InChI=1S/C53H71N3O7SeSi2/c1-14-33(2)46(49(57)56-45(50(58)59)32-64-35-22-16-15-17-23-35)54-43-29-28-40-41(34(3)62-65(10,11)52(4,5)6)30-44(55-47(40)48(43)63-66(12,13)53(7,8)9)51(60)61-31-42-38-26-20-18-24-36(38)37-25-19-21-27-39(37)42/h15-30,33-34,42-43,45-46,48,54H,14,31-32H2,1-13H3,(H,56,57)(H,58,59)/t33-,34-,43+,45-,46-,48-/m0/s1. The molecule has 66 heavy (non-hydrogen) atoms. The molecule has 1 aromatic heterocycles. The van der Waals surface area contributed by atoms with Gasteiger partial charge in [0.25, 0.3) is 0 Å². The van der Waals surface area contributed by atoms with Crippen molar-refractivity contribution < 1.29 is 33.1 Å². The number of carboxylic acids is 1. The Bertz CT molecular complexity index is 2370. The summed E-state index contributed by atoms with van der Waals surface area (Å²) in [5.41, 5.74) is 6.89. The summed E-state index contributed by atoms with van der Waals surface area (Å²) in [5.74, 6) is -2.30. The van der Waals surface area contributed by atoms with Gasteiger partial charge in [0.1, 0.15) is 6.61 Å². The monoisotopic (exact) mass is 997 g/mol. The van der Waals surface area contributed by atoms with Gasteiger partial charge in [0.05, 0.1) is 0 Å². The Hall–Kier alpha value is -4.21. The van der Waals surface area contributed by atoms with Gasteiger partial charge < -0.3 is 9.16 Å². The third kappa shape index (κ3) is 11.4. The van der Waals surface area contributed by atoms with Crippen LogP contribution in [0.1, 0.15) is 125 Å². The number of carbonyl (C=O) groups is 3. The fraction of sp³-hybridized carbons (Fsp3) is 0.472. The summed E-state index contributed by atoms with van der Waals surface area (Å²) in [5, 5.41) is 16.9. The van der Waals surface area contributed by atoms with Crippen LogP contribution in [0.4, 0.5) is 0 Å². The first kappa shape index (κ1) is 51.2. The molecule has 10 nitrogen and oxygen atoms in total. The van der Waals surface area contributed by atoms with E-state index in [-0.39, 0.29) is 55.1 Å². The number of nitrogens with one attached hydrogen (secondary N) is 2. The molecule has 13 heteroatoms. The van der Waals surface area contributed by atoms with Crippen molar-refractivity contribution in [1.82, 2.24) is 15.6 Å². The summed E-state index contributed by atoms with van der Waals surface area (Å²) in [6.07, 6.45) is 3.58. The van der Waals surface area contributed by atoms with E-state index in [1.165, 1.54) is 0 Å². The number of carbonyl (C=O) groups excluding carboxylic acids is 2. The molecular formula is C53H71N3O7SeSi2. The first-order chi connectivity index (χ1) is 30.9. The Kier molecular flexibility index (Phi) is 16.0. The van der Waals surface area contributed by atoms with E-state index in [9.17, 15) is 19.5 Å². The molecule has 0 saturated heterocycles. The molecule has 2 aliphatic carbocycles. The number of esters is 1. The van der Waals surface area contributed by atoms with E-state index in [0.717, 1.165) is 37.8 Å². The molecule has 3 N–H and O–H groups in total. The summed E-state index contributed by atoms with van der Waals surface area (Å²) in [4.78, 5) is 46.8. The van der Waals surface area contributed by atoms with Crippen molar-refractivity contribution in [2.45, 2.75) is 147 Å². The third-order valence-electron chi connectivity index (χ3n) is 14.3. The predicted molar refractivity (Wildman–Crippen MR) is 271 cm³/mol. The average molecular weight is 997 g/mol. The van der Waals surface area contributed by atoms with Gasteiger partial charge in [-0.3, -0.25) is 0 Å². The molecule has 0 fully saturated rings. The number of aromatic nitrogens is 1. The van der Waals surface area contributed by atoms with Crippen molar-refractivity contribution in [1.29, 1.82) is 0 Å². The van der Waals surface area contributed by atoms with Crippen molar-refractivity contribution in [3.05, 3.63) is 125 Å². The molecule has 0 radical (unpaired) electrons. The molecule has 1 amide bonds. The molecule has 3 aromatic carbocycles. The van der Waals surface area contributed by atoms with Crippen LogP contribution in [0, 0.1) is 5.92 Å². The minimum atomic E-state index is -2.58. The van der Waals surface area contributed by atoms with E-state index < -0.39 is 58.9 Å². The van der Waals surface area contributed by atoms with Crippen LogP contribution in [0.25, 0.3) is 17.2 Å². The zero-order valence-corrected chi connectivity index (χ0v) is 44.9. The molecule has 4 aromatic rings. The number of carboxylic acid groups (broad SMARTS) is 1. The molecule has 0 aliphatic heterocycles. The van der Waals surface area contributed by atoms with Crippen molar-refractivity contribution in [3.8, 4) is 11.1 Å². The quantitative estimate of drug-likeness (QED) is 0.0658. The average Bonchev–Trinajstić information content (AvgIpc) is 3.58. The van der Waals surface area contributed by atoms with Crippen LogP contribution in [0.15, 0.2) is 91.0 Å². The summed E-state index contributed by atoms with van der Waals surface area (Å²) in [7, 11) is -4.90. The van der Waals surface area contributed by atoms with Crippen LogP contribution >= 0.6 is 0 Å². The molecule has 0 spiro atoms. The van der Waals surface area contributed by atoms with Crippen molar-refractivity contribution in [2.24, 2.45) is 5.92 Å². The zero-order chi connectivity index (χ0) is 48.4. The Morgan fingerprint density at radius 1 is 0.833 bits per heavy atom. The molecule has 2 aliphatic rings. The van der Waals surface area contributed by atoms with Gasteiger partial charge in [-0.05, 0) is 47.3 Å². The maximum absolute atomic E-state index is 14.6. The molecule has 6 atom stereocenters. The van der Waals surface area contributed by atoms with Crippen LogP contribution in [-0.2, 0) is 23.2 Å². The van der Waals surface area contributed by atoms with Crippen LogP contribution in [-0.4, -0.2) is 84.3 Å². The van der Waals surface area contributed by atoms with Gasteiger partial charge in [-0.15, -0.1) is 0 Å².